The van der Waals surface area contributed by atoms with Gasteiger partial charge in [-0.15, -0.1) is 88.6 Å². The van der Waals surface area contributed by atoms with Crippen LogP contribution in [0.5, 0.6) is 0 Å². The Morgan fingerprint density at radius 2 is 0.593 bits per heavy atom. The van der Waals surface area contributed by atoms with Crippen LogP contribution in [0.15, 0.2) is 152 Å². The van der Waals surface area contributed by atoms with Crippen LogP contribution in [0.2, 0.25) is 117 Å². The molecule has 0 spiro atoms. The SMILES string of the molecule is CC(C)(C)[Si](NC(N)=O)(NC(N)=O)C(C)(C)C.CC(C)N(C(C)C)[Si](C(C)C)(C(C)C)N(C(C)C)C(C)C.CC[Si](Cl)(Cl)CC.CC[Si](O)(O)CC.CN(C)[Si](C)(C)N(C)C.C[Si](C)(Cl)Cl.C[Si](C)(N1CCCC1)N1CCCC1.C[Si](C)(NC(N)=O)NC(N)=O.C[Si](C)(O)O.C[Si](Cl)(Cl)c1ccccc1.Cl[Si](Cl)(c1ccccc1)c1ccccc1.O[Si](O)(c1ccccc1)c1ccccc1. The van der Waals surface area contributed by atoms with Crippen LogP contribution in [0.25, 0.3) is 0 Å². The minimum atomic E-state index is -3.46. The fraction of sp³-hybridized carbons (Fsp3) is 0.626. The van der Waals surface area contributed by atoms with E-state index in [0.29, 0.717) is 57.7 Å². The molecule has 0 bridgehead atoms. The Morgan fingerprint density at radius 3 is 0.733 bits per heavy atom. The maximum atomic E-state index is 11.2. The highest BCUT2D eigenvalue weighted by Gasteiger charge is 2.57. The molecule has 0 aromatic heterocycles. The first kappa shape index (κ1) is 141. The number of primary amides is 4. The lowest BCUT2D eigenvalue weighted by molar-refractivity contribution is 0.190. The van der Waals surface area contributed by atoms with Crippen molar-refractivity contribution in [3.8, 4) is 0 Å². The molecule has 5 aromatic rings. The third-order valence-electron chi connectivity index (χ3n) is 22.5. The molecule has 44 heteroatoms. The van der Waals surface area contributed by atoms with Gasteiger partial charge in [0.2, 0.25) is 15.1 Å². The Hall–Kier alpha value is -2.38. The first-order chi connectivity index (χ1) is 60.9. The van der Waals surface area contributed by atoms with Gasteiger partial charge in [-0.2, -0.15) is 0 Å². The fourth-order valence-corrected chi connectivity index (χ4v) is 39.5. The van der Waals surface area contributed by atoms with Gasteiger partial charge in [0.25, 0.3) is 30.2 Å². The third-order valence-corrected chi connectivity index (χ3v) is 62.7. The van der Waals surface area contributed by atoms with Crippen molar-refractivity contribution in [3.05, 3.63) is 152 Å². The van der Waals surface area contributed by atoms with Gasteiger partial charge in [-0.1, -0.05) is 304 Å². The van der Waals surface area contributed by atoms with E-state index in [9.17, 15) is 28.8 Å². The largest absolute Gasteiger partial charge is 0.411 e. The summed E-state index contributed by atoms with van der Waals surface area (Å²) in [7, 11) is -9.35. The van der Waals surface area contributed by atoms with Crippen LogP contribution in [0.3, 0.4) is 0 Å². The molecule has 0 aliphatic carbocycles. The molecular weight excluding hydrogens is 2070 g/mol. The average molecular weight is 2260 g/mol. The van der Waals surface area contributed by atoms with Crippen molar-refractivity contribution < 1.29 is 48.0 Å². The van der Waals surface area contributed by atoms with Crippen LogP contribution >= 0.6 is 88.6 Å². The highest BCUT2D eigenvalue weighted by atomic mass is 35.7. The van der Waals surface area contributed by atoms with Crippen LogP contribution in [0, 0.1) is 0 Å². The van der Waals surface area contributed by atoms with Crippen LogP contribution < -0.4 is 68.8 Å². The van der Waals surface area contributed by atoms with Crippen molar-refractivity contribution in [2.45, 2.75) is 320 Å². The zero-order valence-electron chi connectivity index (χ0n) is 89.2. The number of carbonyl (C=O) groups is 4. The van der Waals surface area contributed by atoms with Gasteiger partial charge in [0.05, 0.1) is 0 Å². The second-order valence-corrected chi connectivity index (χ2v) is 103. The Bertz CT molecular complexity index is 3650. The molecule has 5 aromatic carbocycles. The van der Waals surface area contributed by atoms with E-state index in [2.05, 4.69) is 185 Å². The maximum absolute atomic E-state index is 11.2. The van der Waals surface area contributed by atoms with Gasteiger partial charge >= 0.3 is 56.5 Å². The van der Waals surface area contributed by atoms with Gasteiger partial charge in [0.15, 0.2) is 16.8 Å². The number of nitrogens with one attached hydrogen (secondary N) is 4. The number of urea groups is 4. The smallest absolute Gasteiger partial charge is 0.401 e. The van der Waals surface area contributed by atoms with Crippen molar-refractivity contribution >= 4 is 233 Å². The fourth-order valence-electron chi connectivity index (χ4n) is 15.1. The van der Waals surface area contributed by atoms with Crippen LogP contribution in [0.1, 0.15) is 178 Å². The lowest BCUT2D eigenvalue weighted by Crippen LogP contribution is -2.76. The van der Waals surface area contributed by atoms with E-state index in [1.54, 1.807) is 51.2 Å². The minimum Gasteiger partial charge on any atom is -0.411 e. The molecule has 18 N–H and O–H groups in total. The molecular formula is C91H184Cl8N14O10Si12. The lowest BCUT2D eigenvalue weighted by Gasteiger charge is -2.60. The number of rotatable bonds is 25. The van der Waals surface area contributed by atoms with E-state index >= 15 is 0 Å². The molecule has 0 saturated carbocycles. The molecule has 2 aliphatic rings. The number of halogens is 8. The standard InChI is InChI=1S/C18H42N2Si.C12H10Cl2Si.C12H12O2Si.C10H24N4O2Si.C10H22N2Si.C7H8Cl2Si.C6H18N2Si.C4H10Cl2Si.C4H12N4O2Si.C4H12O2Si.C2H6Cl2Si.C2H8O2Si/c1-13(2)19(14(3)4)21(17(9)10,18(11)12)20(15(5)6)16(7)8;2*13-15(14,11-7-3-1-4-8-11)12-9-5-2-6-10-12;1-9(2,3)17(10(4,5)6,13-7(11)15)14-8(12)16;1-13(2,11-7-3-4-8-11)12-9-5-6-10-12;1-10(8,9)7-5-3-2-4-6-7;1-7(2)9(5,6)8(3)4;1-3-7(5,6)4-2;1-11(2,7-3(5)9)8-4(6)10;1-3-7(5,6)4-2;2*1-5(2,3)4/h13-18H,1-12H3;1-10H;1-10,13-14H;1-6H3,(H3,11,13,15)(H3,12,14,16);3-10H2,1-2H3;2-6H,1H3;1-6H3;3-4H2,1-2H3;1-2H3,(H3,5,7,9)(H3,6,8,10);5-6H,3-4H2,1-2H3;1-2H3;3-4H,1-2H3. The number of benzene rings is 5. The first-order valence-corrected chi connectivity index (χ1v) is 84.7. The summed E-state index contributed by atoms with van der Waals surface area (Å²) in [5.74, 6) is 0. The Morgan fingerprint density at radius 1 is 0.378 bits per heavy atom. The van der Waals surface area contributed by atoms with Crippen molar-refractivity contribution in [1.29, 1.82) is 0 Å². The third kappa shape index (κ3) is 57.8. The van der Waals surface area contributed by atoms with Gasteiger partial charge in [-0.05, 0) is 248 Å². The predicted octanol–water partition coefficient (Wildman–Crippen LogP) is 19.2. The molecule has 0 unspecified atom stereocenters. The average Bonchev–Trinajstić information content (AvgIpc) is 1.20. The summed E-state index contributed by atoms with van der Waals surface area (Å²) < 4.78 is 16.0. The normalized spacial score (nSPS) is 13.7. The zero-order valence-corrected chi connectivity index (χ0v) is 107. The monoisotopic (exact) mass is 2250 g/mol. The van der Waals surface area contributed by atoms with E-state index in [-0.39, 0.29) is 10.1 Å². The summed E-state index contributed by atoms with van der Waals surface area (Å²) in [4.78, 5) is 108. The summed E-state index contributed by atoms with van der Waals surface area (Å²) >= 11 is 47.4. The molecule has 0 atom stereocenters. The second kappa shape index (κ2) is 65.2. The van der Waals surface area contributed by atoms with Gasteiger partial charge in [0, 0.05) is 0 Å². The number of amides is 8. The van der Waals surface area contributed by atoms with Crippen molar-refractivity contribution in [3.63, 3.8) is 0 Å². The number of hydrogen-bond donors (Lipinski definition) is 14. The van der Waals surface area contributed by atoms with Crippen molar-refractivity contribution in [2.75, 3.05) is 54.4 Å². The van der Waals surface area contributed by atoms with E-state index in [4.69, 9.17) is 131 Å². The molecule has 135 heavy (non-hydrogen) atoms. The van der Waals surface area contributed by atoms with Gasteiger partial charge in [-0.3, -0.25) is 0 Å². The highest BCUT2D eigenvalue weighted by molar-refractivity contribution is 7.56. The second-order valence-electron chi connectivity index (χ2n) is 40.3. The molecule has 7 rings (SSSR count). The van der Waals surface area contributed by atoms with E-state index < -0.39 is 119 Å². The summed E-state index contributed by atoms with van der Waals surface area (Å²) in [6.07, 6.45) is 5.74. The van der Waals surface area contributed by atoms with Gasteiger partial charge in [-0.25, -0.2) is 19.2 Å². The van der Waals surface area contributed by atoms with Gasteiger partial charge in [0.1, 0.15) is 0 Å². The molecule has 2 fully saturated rings. The topological polar surface area (TPSA) is 361 Å². The summed E-state index contributed by atoms with van der Waals surface area (Å²) in [6.45, 7) is 67.4. The predicted molar refractivity (Wildman–Crippen MR) is 620 cm³/mol. The number of nitrogens with zero attached hydrogens (tertiary/aromatic N) is 6. The number of hydrogen-bond acceptors (Lipinski definition) is 16. The summed E-state index contributed by atoms with van der Waals surface area (Å²) in [6, 6.07) is 50.3. The van der Waals surface area contributed by atoms with Crippen molar-refractivity contribution in [1.82, 2.24) is 47.3 Å². The van der Waals surface area contributed by atoms with Crippen molar-refractivity contribution in [2.24, 2.45) is 22.9 Å². The zero-order chi connectivity index (χ0) is 107. The molecule has 2 heterocycles. The molecule has 2 saturated heterocycles. The molecule has 2 aliphatic heterocycles. The Kier molecular flexibility index (Phi) is 68.1. The Labute approximate surface area is 869 Å². The van der Waals surface area contributed by atoms with Crippen LogP contribution in [-0.2, 0) is 0 Å². The molecule has 0 radical (unpaired) electrons. The lowest BCUT2D eigenvalue weighted by atomic mass is 10.2. The van der Waals surface area contributed by atoms with Crippen LogP contribution in [0.4, 0.5) is 19.2 Å². The maximum Gasteiger partial charge on any atom is 0.401 e. The van der Waals surface area contributed by atoms with E-state index in [1.807, 2.05) is 202 Å². The van der Waals surface area contributed by atoms with E-state index in [0.717, 1.165) is 27.6 Å². The van der Waals surface area contributed by atoms with Gasteiger partial charge < -0.3 is 99.0 Å². The molecule has 782 valence electrons. The van der Waals surface area contributed by atoms with Crippen LogP contribution in [-0.4, -0.2) is 253 Å². The molecule has 8 amide bonds. The summed E-state index contributed by atoms with van der Waals surface area (Å²) in [5, 5.41) is 3.69. The Balaban J connectivity index is -0.000000464. The first-order valence-electron chi connectivity index (χ1n) is 46.8. The quantitative estimate of drug-likeness (QED) is 0.0191. The molecule has 24 nitrogen and oxygen atoms in total. The summed E-state index contributed by atoms with van der Waals surface area (Å²) in [5.41, 5.74) is 21.6. The van der Waals surface area contributed by atoms with E-state index in [1.165, 1.54) is 65.0 Å². The highest BCUT2D eigenvalue weighted by Crippen LogP contribution is 2.48. The number of carbonyl (C=O) groups excluding carboxylic acids is 4. The number of nitrogens with two attached hydrogens (primary N) is 4. The minimum absolute atomic E-state index is 0.324.